The summed E-state index contributed by atoms with van der Waals surface area (Å²) in [6.07, 6.45) is -0.406. The molecule has 0 aromatic carbocycles. The quantitative estimate of drug-likeness (QED) is 0.814. The van der Waals surface area contributed by atoms with Crippen molar-refractivity contribution >= 4 is 0 Å². The summed E-state index contributed by atoms with van der Waals surface area (Å²) in [7, 11) is 0. The Morgan fingerprint density at radius 2 is 2.14 bits per heavy atom. The molecule has 0 aliphatic heterocycles. The Balaban J connectivity index is 2.78. The van der Waals surface area contributed by atoms with Gasteiger partial charge >= 0.3 is 0 Å². The van der Waals surface area contributed by atoms with Gasteiger partial charge in [0.25, 0.3) is 6.43 Å². The fourth-order valence-electron chi connectivity index (χ4n) is 1.07. The van der Waals surface area contributed by atoms with E-state index in [9.17, 15) is 13.2 Å². The first-order valence-corrected chi connectivity index (χ1v) is 4.08. The van der Waals surface area contributed by atoms with Crippen molar-refractivity contribution in [3.8, 4) is 0 Å². The molecule has 78 valence electrons. The summed E-state index contributed by atoms with van der Waals surface area (Å²) in [6.45, 7) is 1.22. The minimum absolute atomic E-state index is 0.102. The van der Waals surface area contributed by atoms with Crippen molar-refractivity contribution < 1.29 is 13.2 Å². The fraction of sp³-hybridized carbons (Fsp3) is 0.444. The third kappa shape index (κ3) is 2.70. The van der Waals surface area contributed by atoms with Crippen LogP contribution >= 0.6 is 0 Å². The van der Waals surface area contributed by atoms with Crippen LogP contribution in [0.2, 0.25) is 0 Å². The zero-order valence-corrected chi connectivity index (χ0v) is 7.67. The van der Waals surface area contributed by atoms with Crippen molar-refractivity contribution in [1.82, 2.24) is 4.98 Å². The lowest BCUT2D eigenvalue weighted by atomic mass is 9.95. The van der Waals surface area contributed by atoms with Crippen molar-refractivity contribution in [2.45, 2.75) is 25.3 Å². The maximum absolute atomic E-state index is 12.7. The third-order valence-corrected chi connectivity index (χ3v) is 1.85. The molecule has 1 aromatic rings. The van der Waals surface area contributed by atoms with Crippen LogP contribution in [-0.4, -0.2) is 16.9 Å². The highest BCUT2D eigenvalue weighted by Crippen LogP contribution is 2.17. The SMILES string of the molecule is CC(N)(Cc1cncc(F)c1)C(F)F. The highest BCUT2D eigenvalue weighted by Gasteiger charge is 2.30. The summed E-state index contributed by atoms with van der Waals surface area (Å²) in [4.78, 5) is 3.55. The van der Waals surface area contributed by atoms with Crippen LogP contribution in [0.5, 0.6) is 0 Å². The Hall–Kier alpha value is -1.10. The maximum Gasteiger partial charge on any atom is 0.256 e. The van der Waals surface area contributed by atoms with Gasteiger partial charge in [0.05, 0.1) is 11.7 Å². The summed E-state index contributed by atoms with van der Waals surface area (Å²) < 4.78 is 37.4. The molecule has 1 aromatic heterocycles. The number of alkyl halides is 2. The van der Waals surface area contributed by atoms with Crippen LogP contribution in [0.15, 0.2) is 18.5 Å². The predicted octanol–water partition coefficient (Wildman–Crippen LogP) is 1.75. The molecule has 0 radical (unpaired) electrons. The van der Waals surface area contributed by atoms with E-state index in [1.807, 2.05) is 0 Å². The molecule has 2 nitrogen and oxygen atoms in total. The van der Waals surface area contributed by atoms with Crippen molar-refractivity contribution in [3.05, 3.63) is 29.8 Å². The van der Waals surface area contributed by atoms with E-state index in [2.05, 4.69) is 4.98 Å². The molecular formula is C9H11F3N2. The summed E-state index contributed by atoms with van der Waals surface area (Å²) in [6, 6.07) is 1.15. The number of aromatic nitrogens is 1. The van der Waals surface area contributed by atoms with Crippen molar-refractivity contribution in [2.24, 2.45) is 5.73 Å². The first kappa shape index (κ1) is 11.0. The number of hydrogen-bond donors (Lipinski definition) is 1. The fourth-order valence-corrected chi connectivity index (χ4v) is 1.07. The molecule has 0 fully saturated rings. The van der Waals surface area contributed by atoms with Crippen molar-refractivity contribution in [1.29, 1.82) is 0 Å². The maximum atomic E-state index is 12.7. The van der Waals surface area contributed by atoms with Gasteiger partial charge in [0.15, 0.2) is 0 Å². The second-order valence-electron chi connectivity index (χ2n) is 3.49. The highest BCUT2D eigenvalue weighted by molar-refractivity contribution is 5.13. The lowest BCUT2D eigenvalue weighted by Crippen LogP contribution is -2.45. The van der Waals surface area contributed by atoms with Crippen LogP contribution in [0.4, 0.5) is 13.2 Å². The number of nitrogens with two attached hydrogens (primary N) is 1. The van der Waals surface area contributed by atoms with Gasteiger partial charge in [-0.15, -0.1) is 0 Å². The molecule has 1 rings (SSSR count). The standard InChI is InChI=1S/C9H11F3N2/c1-9(13,8(11)12)3-6-2-7(10)5-14-4-6/h2,4-5,8H,3,13H2,1H3. The molecule has 0 saturated heterocycles. The molecule has 0 aliphatic carbocycles. The molecule has 0 aliphatic rings. The number of hydrogen-bond acceptors (Lipinski definition) is 2. The second kappa shape index (κ2) is 3.96. The smallest absolute Gasteiger partial charge is 0.256 e. The monoisotopic (exact) mass is 204 g/mol. The number of rotatable bonds is 3. The van der Waals surface area contributed by atoms with E-state index in [0.29, 0.717) is 5.56 Å². The van der Waals surface area contributed by atoms with Crippen LogP contribution < -0.4 is 5.73 Å². The number of halogens is 3. The van der Waals surface area contributed by atoms with Crippen molar-refractivity contribution in [3.63, 3.8) is 0 Å². The minimum Gasteiger partial charge on any atom is -0.320 e. The normalized spacial score (nSPS) is 15.6. The topological polar surface area (TPSA) is 38.9 Å². The van der Waals surface area contributed by atoms with E-state index in [-0.39, 0.29) is 6.42 Å². The zero-order chi connectivity index (χ0) is 10.8. The molecule has 1 atom stereocenters. The highest BCUT2D eigenvalue weighted by atomic mass is 19.3. The van der Waals surface area contributed by atoms with Gasteiger partial charge in [-0.1, -0.05) is 0 Å². The van der Waals surface area contributed by atoms with Gasteiger partial charge in [-0.2, -0.15) is 0 Å². The largest absolute Gasteiger partial charge is 0.320 e. The molecule has 0 bridgehead atoms. The Kier molecular flexibility index (Phi) is 3.10. The van der Waals surface area contributed by atoms with Gasteiger partial charge in [-0.25, -0.2) is 13.2 Å². The molecule has 5 heteroatoms. The van der Waals surface area contributed by atoms with Gasteiger partial charge in [-0.05, 0) is 25.0 Å². The molecule has 14 heavy (non-hydrogen) atoms. The van der Waals surface area contributed by atoms with Gasteiger partial charge in [-0.3, -0.25) is 4.98 Å². The van der Waals surface area contributed by atoms with Gasteiger partial charge < -0.3 is 5.73 Å². The van der Waals surface area contributed by atoms with E-state index in [4.69, 9.17) is 5.73 Å². The average molecular weight is 204 g/mol. The molecular weight excluding hydrogens is 193 g/mol. The lowest BCUT2D eigenvalue weighted by Gasteiger charge is -2.23. The summed E-state index contributed by atoms with van der Waals surface area (Å²) in [5.74, 6) is -0.549. The van der Waals surface area contributed by atoms with Gasteiger partial charge in [0.2, 0.25) is 0 Å². The van der Waals surface area contributed by atoms with Crippen LogP contribution in [0.25, 0.3) is 0 Å². The van der Waals surface area contributed by atoms with E-state index >= 15 is 0 Å². The van der Waals surface area contributed by atoms with E-state index < -0.39 is 17.8 Å². The minimum atomic E-state index is -2.65. The summed E-state index contributed by atoms with van der Waals surface area (Å²) in [5.41, 5.74) is 4.07. The van der Waals surface area contributed by atoms with Crippen LogP contribution in [-0.2, 0) is 6.42 Å². The molecule has 0 amide bonds. The Morgan fingerprint density at radius 3 is 2.64 bits per heavy atom. The molecule has 1 unspecified atom stereocenters. The first-order valence-electron chi connectivity index (χ1n) is 4.08. The van der Waals surface area contributed by atoms with E-state index in [1.165, 1.54) is 13.1 Å². The van der Waals surface area contributed by atoms with Crippen molar-refractivity contribution in [2.75, 3.05) is 0 Å². The Morgan fingerprint density at radius 1 is 1.50 bits per heavy atom. The van der Waals surface area contributed by atoms with Gasteiger partial charge in [0.1, 0.15) is 5.82 Å². The predicted molar refractivity (Wildman–Crippen MR) is 46.5 cm³/mol. The van der Waals surface area contributed by atoms with Gasteiger partial charge in [0, 0.05) is 6.20 Å². The molecule has 1 heterocycles. The Bertz CT molecular complexity index is 313. The summed E-state index contributed by atoms with van der Waals surface area (Å²) in [5, 5.41) is 0. The molecule has 2 N–H and O–H groups in total. The Labute approximate surface area is 79.9 Å². The van der Waals surface area contributed by atoms with Crippen LogP contribution in [0, 0.1) is 5.82 Å². The second-order valence-corrected chi connectivity index (χ2v) is 3.49. The first-order chi connectivity index (χ1) is 6.42. The van der Waals surface area contributed by atoms with E-state index in [0.717, 1.165) is 12.3 Å². The summed E-state index contributed by atoms with van der Waals surface area (Å²) >= 11 is 0. The molecule has 0 saturated carbocycles. The average Bonchev–Trinajstić information content (AvgIpc) is 2.02. The number of nitrogens with zero attached hydrogens (tertiary/aromatic N) is 1. The van der Waals surface area contributed by atoms with E-state index in [1.54, 1.807) is 0 Å². The van der Waals surface area contributed by atoms with Crippen LogP contribution in [0.1, 0.15) is 12.5 Å². The van der Waals surface area contributed by atoms with Crippen LogP contribution in [0.3, 0.4) is 0 Å². The third-order valence-electron chi connectivity index (χ3n) is 1.85. The molecule has 0 spiro atoms. The number of pyridine rings is 1. The lowest BCUT2D eigenvalue weighted by molar-refractivity contribution is 0.0638. The zero-order valence-electron chi connectivity index (χ0n) is 7.67.